The monoisotopic (exact) mass is 361 g/mol. The number of anilines is 1. The molecule has 7 heteroatoms. The molecule has 1 amide bonds. The molecule has 0 spiro atoms. The number of methoxy groups -OCH3 is 1. The van der Waals surface area contributed by atoms with Crippen molar-refractivity contribution in [3.8, 4) is 5.75 Å². The Labute approximate surface area is 154 Å². The summed E-state index contributed by atoms with van der Waals surface area (Å²) in [4.78, 5) is 16.4. The molecular formula is C19H27N3O4. The second-order valence-corrected chi connectivity index (χ2v) is 7.03. The Hall–Kier alpha value is -2.41. The van der Waals surface area contributed by atoms with Gasteiger partial charge in [0, 0.05) is 31.1 Å². The normalized spacial score (nSPS) is 11.4. The van der Waals surface area contributed by atoms with Crippen molar-refractivity contribution in [3.05, 3.63) is 36.0 Å². The van der Waals surface area contributed by atoms with Gasteiger partial charge in [-0.15, -0.1) is 0 Å². The first kappa shape index (κ1) is 19.9. The average molecular weight is 361 g/mol. The number of aryl methyl sites for hydroxylation is 1. The van der Waals surface area contributed by atoms with E-state index in [1.807, 2.05) is 45.0 Å². The number of benzene rings is 1. The third-order valence-corrected chi connectivity index (χ3v) is 3.63. The van der Waals surface area contributed by atoms with E-state index >= 15 is 0 Å². The van der Waals surface area contributed by atoms with Crippen LogP contribution in [0.5, 0.6) is 5.75 Å². The van der Waals surface area contributed by atoms with Crippen LogP contribution in [0.3, 0.4) is 0 Å². The van der Waals surface area contributed by atoms with Crippen LogP contribution >= 0.6 is 0 Å². The number of nitrogens with zero attached hydrogens (tertiary/aromatic N) is 2. The van der Waals surface area contributed by atoms with Crippen molar-refractivity contribution in [3.63, 3.8) is 0 Å². The van der Waals surface area contributed by atoms with Crippen LogP contribution in [0, 0.1) is 0 Å². The number of amides is 1. The van der Waals surface area contributed by atoms with E-state index in [0.717, 1.165) is 11.4 Å². The first-order valence-corrected chi connectivity index (χ1v) is 8.73. The van der Waals surface area contributed by atoms with Crippen LogP contribution in [0.25, 0.3) is 0 Å². The van der Waals surface area contributed by atoms with E-state index in [1.165, 1.54) is 0 Å². The zero-order chi connectivity index (χ0) is 19.0. The molecule has 0 aliphatic heterocycles. The standard InChI is InChI=1S/C19H27N3O4/c1-19(2,3)18-21-17(26-22-18)7-5-6-16(23)20-14-8-10-15(11-9-14)25-13-12-24-4/h8-11H,5-7,12-13H2,1-4H3,(H,20,23). The molecule has 0 fully saturated rings. The summed E-state index contributed by atoms with van der Waals surface area (Å²) >= 11 is 0. The largest absolute Gasteiger partial charge is 0.491 e. The molecule has 1 heterocycles. The lowest BCUT2D eigenvalue weighted by atomic mass is 9.96. The minimum atomic E-state index is -0.140. The molecule has 0 atom stereocenters. The van der Waals surface area contributed by atoms with E-state index in [-0.39, 0.29) is 11.3 Å². The minimum Gasteiger partial charge on any atom is -0.491 e. The van der Waals surface area contributed by atoms with Crippen molar-refractivity contribution in [1.29, 1.82) is 0 Å². The first-order chi connectivity index (χ1) is 12.4. The number of carbonyl (C=O) groups is 1. The van der Waals surface area contributed by atoms with E-state index in [9.17, 15) is 4.79 Å². The van der Waals surface area contributed by atoms with Crippen LogP contribution in [0.15, 0.2) is 28.8 Å². The molecule has 2 rings (SSSR count). The summed E-state index contributed by atoms with van der Waals surface area (Å²) in [5.74, 6) is 1.95. The van der Waals surface area contributed by atoms with E-state index in [4.69, 9.17) is 14.0 Å². The van der Waals surface area contributed by atoms with Crippen LogP contribution in [0.1, 0.15) is 45.3 Å². The molecule has 0 aliphatic rings. The smallest absolute Gasteiger partial charge is 0.226 e. The molecule has 1 aromatic heterocycles. The van der Waals surface area contributed by atoms with Gasteiger partial charge in [0.05, 0.1) is 6.61 Å². The number of hydrogen-bond acceptors (Lipinski definition) is 6. The van der Waals surface area contributed by atoms with E-state index in [1.54, 1.807) is 7.11 Å². The molecular weight excluding hydrogens is 334 g/mol. The van der Waals surface area contributed by atoms with E-state index in [2.05, 4.69) is 15.5 Å². The Kier molecular flexibility index (Phi) is 7.15. The molecule has 7 nitrogen and oxygen atoms in total. The fraction of sp³-hybridized carbons (Fsp3) is 0.526. The van der Waals surface area contributed by atoms with Crippen molar-refractivity contribution in [2.45, 2.75) is 45.4 Å². The second-order valence-electron chi connectivity index (χ2n) is 7.03. The van der Waals surface area contributed by atoms with Crippen molar-refractivity contribution < 1.29 is 18.8 Å². The topological polar surface area (TPSA) is 86.5 Å². The van der Waals surface area contributed by atoms with Gasteiger partial charge in [0.15, 0.2) is 5.82 Å². The summed E-state index contributed by atoms with van der Waals surface area (Å²) in [5.41, 5.74) is 0.598. The van der Waals surface area contributed by atoms with Gasteiger partial charge >= 0.3 is 0 Å². The lowest BCUT2D eigenvalue weighted by molar-refractivity contribution is -0.116. The first-order valence-electron chi connectivity index (χ1n) is 8.73. The molecule has 1 N–H and O–H groups in total. The van der Waals surface area contributed by atoms with Gasteiger partial charge in [-0.1, -0.05) is 25.9 Å². The van der Waals surface area contributed by atoms with Gasteiger partial charge in [-0.05, 0) is 30.7 Å². The summed E-state index contributed by atoms with van der Waals surface area (Å²) in [5, 5.41) is 6.85. The van der Waals surface area contributed by atoms with Gasteiger partial charge in [-0.25, -0.2) is 0 Å². The maximum atomic E-state index is 12.0. The molecule has 0 aliphatic carbocycles. The molecule has 142 valence electrons. The predicted molar refractivity (Wildman–Crippen MR) is 98.4 cm³/mol. The maximum absolute atomic E-state index is 12.0. The number of aromatic nitrogens is 2. The number of ether oxygens (including phenoxy) is 2. The quantitative estimate of drug-likeness (QED) is 0.689. The summed E-state index contributed by atoms with van der Waals surface area (Å²) in [6.07, 6.45) is 1.62. The van der Waals surface area contributed by atoms with Crippen molar-refractivity contribution in [2.24, 2.45) is 0 Å². The SMILES string of the molecule is COCCOc1ccc(NC(=O)CCCc2nc(C(C)(C)C)no2)cc1. The highest BCUT2D eigenvalue weighted by Crippen LogP contribution is 2.19. The van der Waals surface area contributed by atoms with Gasteiger partial charge in [0.25, 0.3) is 0 Å². The number of carbonyl (C=O) groups excluding carboxylic acids is 1. The Balaban J connectivity index is 1.72. The maximum Gasteiger partial charge on any atom is 0.226 e. The number of rotatable bonds is 9. The summed E-state index contributed by atoms with van der Waals surface area (Å²) in [7, 11) is 1.63. The molecule has 0 radical (unpaired) electrons. The zero-order valence-corrected chi connectivity index (χ0v) is 15.9. The van der Waals surface area contributed by atoms with Gasteiger partial charge in [-0.2, -0.15) is 4.98 Å². The molecule has 0 unspecified atom stereocenters. The van der Waals surface area contributed by atoms with Crippen molar-refractivity contribution in [2.75, 3.05) is 25.6 Å². The molecule has 26 heavy (non-hydrogen) atoms. The molecule has 0 saturated carbocycles. The highest BCUT2D eigenvalue weighted by Gasteiger charge is 2.20. The fourth-order valence-electron chi connectivity index (χ4n) is 2.16. The summed E-state index contributed by atoms with van der Waals surface area (Å²) in [6.45, 7) is 7.12. The Morgan fingerprint density at radius 2 is 1.92 bits per heavy atom. The van der Waals surface area contributed by atoms with Crippen LogP contribution in [-0.4, -0.2) is 36.4 Å². The Morgan fingerprint density at radius 1 is 1.19 bits per heavy atom. The molecule has 1 aromatic carbocycles. The summed E-state index contributed by atoms with van der Waals surface area (Å²) in [6, 6.07) is 7.26. The van der Waals surface area contributed by atoms with E-state index < -0.39 is 0 Å². The van der Waals surface area contributed by atoms with Crippen molar-refractivity contribution in [1.82, 2.24) is 10.1 Å². The van der Waals surface area contributed by atoms with Crippen LogP contribution in [-0.2, 0) is 21.4 Å². The van der Waals surface area contributed by atoms with Gasteiger partial charge in [0.1, 0.15) is 12.4 Å². The van der Waals surface area contributed by atoms with Crippen LogP contribution in [0.2, 0.25) is 0 Å². The Morgan fingerprint density at radius 3 is 2.54 bits per heavy atom. The lowest BCUT2D eigenvalue weighted by Gasteiger charge is -2.10. The van der Waals surface area contributed by atoms with E-state index in [0.29, 0.717) is 44.2 Å². The third kappa shape index (κ3) is 6.48. The molecule has 0 bridgehead atoms. The number of hydrogen-bond donors (Lipinski definition) is 1. The van der Waals surface area contributed by atoms with Gasteiger partial charge in [0.2, 0.25) is 11.8 Å². The zero-order valence-electron chi connectivity index (χ0n) is 15.9. The van der Waals surface area contributed by atoms with Gasteiger partial charge in [-0.3, -0.25) is 4.79 Å². The summed E-state index contributed by atoms with van der Waals surface area (Å²) < 4.78 is 15.6. The predicted octanol–water partition coefficient (Wildman–Crippen LogP) is 3.35. The van der Waals surface area contributed by atoms with Crippen LogP contribution in [0.4, 0.5) is 5.69 Å². The van der Waals surface area contributed by atoms with Gasteiger partial charge < -0.3 is 19.3 Å². The minimum absolute atomic E-state index is 0.0476. The number of nitrogens with one attached hydrogen (secondary N) is 1. The van der Waals surface area contributed by atoms with Crippen LogP contribution < -0.4 is 10.1 Å². The highest BCUT2D eigenvalue weighted by atomic mass is 16.5. The lowest BCUT2D eigenvalue weighted by Crippen LogP contribution is -2.13. The molecule has 2 aromatic rings. The van der Waals surface area contributed by atoms with Crippen molar-refractivity contribution >= 4 is 11.6 Å². The Bertz CT molecular complexity index is 690. The third-order valence-electron chi connectivity index (χ3n) is 3.63. The average Bonchev–Trinajstić information content (AvgIpc) is 3.06. The molecule has 0 saturated heterocycles. The second kappa shape index (κ2) is 9.33. The fourth-order valence-corrected chi connectivity index (χ4v) is 2.16. The highest BCUT2D eigenvalue weighted by molar-refractivity contribution is 5.90.